The van der Waals surface area contributed by atoms with E-state index in [1.54, 1.807) is 12.1 Å². The quantitative estimate of drug-likeness (QED) is 0.692. The van der Waals surface area contributed by atoms with Gasteiger partial charge in [-0.3, -0.25) is 4.79 Å². The molecule has 0 aromatic heterocycles. The molecule has 1 aromatic carbocycles. The van der Waals surface area contributed by atoms with Gasteiger partial charge >= 0.3 is 0 Å². The van der Waals surface area contributed by atoms with Crippen molar-refractivity contribution in [2.45, 2.75) is 6.10 Å². The molecule has 1 amide bonds. The number of amides is 1. The van der Waals surface area contributed by atoms with Gasteiger partial charge in [-0.25, -0.2) is 0 Å². The van der Waals surface area contributed by atoms with E-state index in [2.05, 4.69) is 33.2 Å². The molecule has 0 saturated carbocycles. The van der Waals surface area contributed by atoms with E-state index in [9.17, 15) is 9.90 Å². The first-order chi connectivity index (χ1) is 8.58. The summed E-state index contributed by atoms with van der Waals surface area (Å²) in [6.07, 6.45) is -0.392. The Hall–Kier alpha value is -0.370. The van der Waals surface area contributed by atoms with Crippen LogP contribution in [-0.2, 0) is 0 Å². The normalized spacial score (nSPS) is 23.1. The number of β-amino-alcohol motifs (C(OH)–C–C–N with tert-alkyl or cyclic N) is 1. The molecule has 1 aliphatic rings. The van der Waals surface area contributed by atoms with Crippen LogP contribution in [0, 0.1) is 9.49 Å². The van der Waals surface area contributed by atoms with Crippen molar-refractivity contribution in [1.82, 2.24) is 10.6 Å². The molecule has 2 atom stereocenters. The monoisotopic (exact) mass is 380 g/mol. The van der Waals surface area contributed by atoms with Gasteiger partial charge < -0.3 is 15.7 Å². The molecule has 0 radical (unpaired) electrons. The van der Waals surface area contributed by atoms with Gasteiger partial charge in [0.25, 0.3) is 5.91 Å². The average Bonchev–Trinajstić information content (AvgIpc) is 2.75. The third-order valence-corrected chi connectivity index (χ3v) is 4.00. The SMILES string of the molecule is O=C(NCC1CNCC1O)c1cc(I)ccc1Cl. The van der Waals surface area contributed by atoms with Gasteiger partial charge in [0.2, 0.25) is 0 Å². The summed E-state index contributed by atoms with van der Waals surface area (Å²) in [4.78, 5) is 12.0. The number of hydrogen-bond donors (Lipinski definition) is 3. The third kappa shape index (κ3) is 3.34. The van der Waals surface area contributed by atoms with Gasteiger partial charge in [0.05, 0.1) is 16.7 Å². The number of nitrogens with one attached hydrogen (secondary N) is 2. The van der Waals surface area contributed by atoms with Crippen LogP contribution in [-0.4, -0.2) is 36.8 Å². The fourth-order valence-electron chi connectivity index (χ4n) is 1.92. The van der Waals surface area contributed by atoms with Gasteiger partial charge in [0.15, 0.2) is 0 Å². The summed E-state index contributed by atoms with van der Waals surface area (Å²) >= 11 is 8.13. The highest BCUT2D eigenvalue weighted by atomic mass is 127. The lowest BCUT2D eigenvalue weighted by molar-refractivity contribution is 0.0927. The zero-order valence-electron chi connectivity index (χ0n) is 9.62. The van der Waals surface area contributed by atoms with Crippen molar-refractivity contribution in [3.8, 4) is 0 Å². The van der Waals surface area contributed by atoms with E-state index in [-0.39, 0.29) is 11.8 Å². The zero-order valence-corrected chi connectivity index (χ0v) is 12.5. The highest BCUT2D eigenvalue weighted by Gasteiger charge is 2.25. The Balaban J connectivity index is 1.97. The summed E-state index contributed by atoms with van der Waals surface area (Å²) < 4.78 is 0.963. The predicted molar refractivity (Wildman–Crippen MR) is 78.9 cm³/mol. The van der Waals surface area contributed by atoms with Crippen LogP contribution >= 0.6 is 34.2 Å². The standard InChI is InChI=1S/C12H14ClIN2O2/c13-10-2-1-8(14)3-9(10)12(18)16-5-7-4-15-6-11(7)17/h1-3,7,11,15,17H,4-6H2,(H,16,18). The Morgan fingerprint density at radius 3 is 3.00 bits per heavy atom. The highest BCUT2D eigenvalue weighted by molar-refractivity contribution is 14.1. The molecular formula is C12H14ClIN2O2. The van der Waals surface area contributed by atoms with Gasteiger partial charge in [0, 0.05) is 29.1 Å². The molecule has 3 N–H and O–H groups in total. The lowest BCUT2D eigenvalue weighted by Gasteiger charge is -2.14. The minimum Gasteiger partial charge on any atom is -0.391 e. The smallest absolute Gasteiger partial charge is 0.252 e. The lowest BCUT2D eigenvalue weighted by atomic mass is 10.1. The Morgan fingerprint density at radius 2 is 2.33 bits per heavy atom. The van der Waals surface area contributed by atoms with Crippen molar-refractivity contribution in [3.05, 3.63) is 32.4 Å². The van der Waals surface area contributed by atoms with Crippen LogP contribution in [0.2, 0.25) is 5.02 Å². The van der Waals surface area contributed by atoms with Crippen LogP contribution in [0.3, 0.4) is 0 Å². The Kier molecular flexibility index (Phi) is 4.83. The van der Waals surface area contributed by atoms with Crippen LogP contribution in [0.15, 0.2) is 18.2 Å². The molecule has 1 aliphatic heterocycles. The minimum atomic E-state index is -0.392. The van der Waals surface area contributed by atoms with Crippen molar-refractivity contribution in [3.63, 3.8) is 0 Å². The topological polar surface area (TPSA) is 61.4 Å². The van der Waals surface area contributed by atoms with Gasteiger partial charge in [-0.15, -0.1) is 0 Å². The van der Waals surface area contributed by atoms with Crippen LogP contribution in [0.25, 0.3) is 0 Å². The zero-order chi connectivity index (χ0) is 13.1. The van der Waals surface area contributed by atoms with Gasteiger partial charge in [0.1, 0.15) is 0 Å². The highest BCUT2D eigenvalue weighted by Crippen LogP contribution is 2.19. The van der Waals surface area contributed by atoms with E-state index in [1.807, 2.05) is 6.07 Å². The maximum absolute atomic E-state index is 12.0. The van der Waals surface area contributed by atoms with Gasteiger partial charge in [-0.1, -0.05) is 11.6 Å². The molecular weight excluding hydrogens is 367 g/mol. The molecule has 0 spiro atoms. The molecule has 0 bridgehead atoms. The molecule has 1 saturated heterocycles. The Labute approximate surface area is 124 Å². The van der Waals surface area contributed by atoms with Crippen LogP contribution in [0.4, 0.5) is 0 Å². The largest absolute Gasteiger partial charge is 0.391 e. The van der Waals surface area contributed by atoms with Crippen LogP contribution in [0.5, 0.6) is 0 Å². The van der Waals surface area contributed by atoms with E-state index >= 15 is 0 Å². The second-order valence-corrected chi connectivity index (χ2v) is 5.97. The first-order valence-corrected chi connectivity index (χ1v) is 7.15. The van der Waals surface area contributed by atoms with Gasteiger partial charge in [-0.05, 0) is 40.8 Å². The predicted octanol–water partition coefficient (Wildman–Crippen LogP) is 1.25. The molecule has 2 rings (SSSR count). The number of aliphatic hydroxyl groups is 1. The second-order valence-electron chi connectivity index (χ2n) is 4.32. The molecule has 0 aliphatic carbocycles. The Morgan fingerprint density at radius 1 is 1.56 bits per heavy atom. The van der Waals surface area contributed by atoms with Crippen LogP contribution < -0.4 is 10.6 Å². The van der Waals surface area contributed by atoms with Crippen molar-refractivity contribution in [1.29, 1.82) is 0 Å². The van der Waals surface area contributed by atoms with Crippen molar-refractivity contribution >= 4 is 40.1 Å². The summed E-state index contributed by atoms with van der Waals surface area (Å²) in [6.45, 7) is 1.76. The molecule has 1 aromatic rings. The molecule has 6 heteroatoms. The number of carbonyl (C=O) groups is 1. The number of aliphatic hydroxyl groups excluding tert-OH is 1. The summed E-state index contributed by atoms with van der Waals surface area (Å²) in [5, 5.41) is 16.0. The molecule has 18 heavy (non-hydrogen) atoms. The van der Waals surface area contributed by atoms with E-state index in [4.69, 9.17) is 11.6 Å². The third-order valence-electron chi connectivity index (χ3n) is 3.00. The van der Waals surface area contributed by atoms with E-state index in [0.717, 1.165) is 10.1 Å². The summed E-state index contributed by atoms with van der Waals surface area (Å²) in [6, 6.07) is 5.32. The number of benzene rings is 1. The molecule has 4 nitrogen and oxygen atoms in total. The van der Waals surface area contributed by atoms with Crippen molar-refractivity contribution < 1.29 is 9.90 Å². The molecule has 1 heterocycles. The van der Waals surface area contributed by atoms with E-state index in [1.165, 1.54) is 0 Å². The second kappa shape index (κ2) is 6.18. The first kappa shape index (κ1) is 14.0. The number of halogens is 2. The number of carbonyl (C=O) groups excluding carboxylic acids is 1. The first-order valence-electron chi connectivity index (χ1n) is 5.70. The van der Waals surface area contributed by atoms with Crippen molar-refractivity contribution in [2.24, 2.45) is 5.92 Å². The summed E-state index contributed by atoms with van der Waals surface area (Å²) in [7, 11) is 0. The molecule has 98 valence electrons. The maximum Gasteiger partial charge on any atom is 0.252 e. The average molecular weight is 381 g/mol. The fourth-order valence-corrected chi connectivity index (χ4v) is 2.61. The van der Waals surface area contributed by atoms with Gasteiger partial charge in [-0.2, -0.15) is 0 Å². The van der Waals surface area contributed by atoms with E-state index in [0.29, 0.717) is 23.7 Å². The lowest BCUT2D eigenvalue weighted by Crippen LogP contribution is -2.34. The van der Waals surface area contributed by atoms with E-state index < -0.39 is 6.10 Å². The maximum atomic E-state index is 12.0. The molecule has 1 fully saturated rings. The summed E-state index contributed by atoms with van der Waals surface area (Å²) in [5.74, 6) is -0.131. The molecule has 2 unspecified atom stereocenters. The summed E-state index contributed by atoms with van der Waals surface area (Å²) in [5.41, 5.74) is 0.476. The minimum absolute atomic E-state index is 0.0653. The van der Waals surface area contributed by atoms with Crippen molar-refractivity contribution in [2.75, 3.05) is 19.6 Å². The number of hydrogen-bond acceptors (Lipinski definition) is 3. The number of rotatable bonds is 3. The fraction of sp³-hybridized carbons (Fsp3) is 0.417. The van der Waals surface area contributed by atoms with Crippen LogP contribution in [0.1, 0.15) is 10.4 Å². The Bertz CT molecular complexity index is 456.